The van der Waals surface area contributed by atoms with Crippen LogP contribution in [0, 0.1) is 0 Å². The zero-order valence-corrected chi connectivity index (χ0v) is 10.3. The minimum absolute atomic E-state index is 0.0472. The Morgan fingerprint density at radius 2 is 1.94 bits per heavy atom. The summed E-state index contributed by atoms with van der Waals surface area (Å²) in [6.07, 6.45) is 2.10. The van der Waals surface area contributed by atoms with Crippen molar-refractivity contribution in [2.45, 2.75) is 12.8 Å². The summed E-state index contributed by atoms with van der Waals surface area (Å²) in [4.78, 5) is 17.4. The van der Waals surface area contributed by atoms with Crippen LogP contribution in [-0.4, -0.2) is 34.6 Å². The number of nitrogens with one attached hydrogen (secondary N) is 1. The van der Waals surface area contributed by atoms with Gasteiger partial charge in [0.05, 0.1) is 0 Å². The standard InChI is InChI=1S/C13H17N3O/c1-15-7-5-9-10-3-4-12(17)16(2)13(10)14-11(9)6-8-15/h3-4,14H,5-8H2,1-2H3. The van der Waals surface area contributed by atoms with E-state index in [0.29, 0.717) is 0 Å². The van der Waals surface area contributed by atoms with Crippen LogP contribution in [0.3, 0.4) is 0 Å². The van der Waals surface area contributed by atoms with Crippen molar-refractivity contribution in [2.75, 3.05) is 20.1 Å². The molecule has 3 rings (SSSR count). The number of hydrogen-bond acceptors (Lipinski definition) is 2. The molecule has 1 aliphatic heterocycles. The van der Waals surface area contributed by atoms with E-state index < -0.39 is 0 Å². The average molecular weight is 231 g/mol. The fourth-order valence-corrected chi connectivity index (χ4v) is 2.63. The van der Waals surface area contributed by atoms with Gasteiger partial charge in [-0.2, -0.15) is 0 Å². The molecule has 17 heavy (non-hydrogen) atoms. The second kappa shape index (κ2) is 3.74. The Morgan fingerprint density at radius 1 is 1.18 bits per heavy atom. The monoisotopic (exact) mass is 231 g/mol. The lowest BCUT2D eigenvalue weighted by Gasteiger charge is -2.11. The topological polar surface area (TPSA) is 41.0 Å². The van der Waals surface area contributed by atoms with Crippen molar-refractivity contribution in [3.05, 3.63) is 33.7 Å². The molecule has 0 bridgehead atoms. The molecule has 0 atom stereocenters. The van der Waals surface area contributed by atoms with Crippen molar-refractivity contribution >= 4 is 11.0 Å². The number of fused-ring (bicyclic) bond motifs is 3. The molecule has 0 aromatic carbocycles. The van der Waals surface area contributed by atoms with Crippen molar-refractivity contribution in [2.24, 2.45) is 7.05 Å². The van der Waals surface area contributed by atoms with Crippen molar-refractivity contribution in [1.29, 1.82) is 0 Å². The zero-order valence-electron chi connectivity index (χ0n) is 10.3. The third-order valence-corrected chi connectivity index (χ3v) is 3.76. The molecule has 4 heteroatoms. The van der Waals surface area contributed by atoms with Gasteiger partial charge >= 0.3 is 0 Å². The van der Waals surface area contributed by atoms with Gasteiger partial charge in [0.15, 0.2) is 0 Å². The number of pyridine rings is 1. The highest BCUT2D eigenvalue weighted by atomic mass is 16.1. The first-order chi connectivity index (χ1) is 8.16. The van der Waals surface area contributed by atoms with Gasteiger partial charge < -0.3 is 9.88 Å². The van der Waals surface area contributed by atoms with Crippen LogP contribution in [0.2, 0.25) is 0 Å². The van der Waals surface area contributed by atoms with Crippen LogP contribution in [0.1, 0.15) is 11.3 Å². The van der Waals surface area contributed by atoms with Gasteiger partial charge in [-0.15, -0.1) is 0 Å². The maximum Gasteiger partial charge on any atom is 0.251 e. The molecular weight excluding hydrogens is 214 g/mol. The molecule has 0 saturated carbocycles. The van der Waals surface area contributed by atoms with E-state index in [9.17, 15) is 4.79 Å². The van der Waals surface area contributed by atoms with Crippen LogP contribution in [0.5, 0.6) is 0 Å². The molecule has 0 spiro atoms. The van der Waals surface area contributed by atoms with Crippen LogP contribution in [0.25, 0.3) is 11.0 Å². The Balaban J connectivity index is 2.23. The second-order valence-corrected chi connectivity index (χ2v) is 4.88. The van der Waals surface area contributed by atoms with Gasteiger partial charge in [-0.1, -0.05) is 0 Å². The minimum Gasteiger partial charge on any atom is -0.344 e. The summed E-state index contributed by atoms with van der Waals surface area (Å²) in [7, 11) is 3.98. The lowest BCUT2D eigenvalue weighted by molar-refractivity contribution is 0.352. The SMILES string of the molecule is CN1CCc2[nH]c3c(ccc(=O)n3C)c2CC1. The Morgan fingerprint density at radius 3 is 2.76 bits per heavy atom. The van der Waals surface area contributed by atoms with Gasteiger partial charge in [0.1, 0.15) is 5.65 Å². The third kappa shape index (κ3) is 1.60. The van der Waals surface area contributed by atoms with Gasteiger partial charge in [-0.05, 0) is 25.1 Å². The van der Waals surface area contributed by atoms with Crippen molar-refractivity contribution in [1.82, 2.24) is 14.5 Å². The molecule has 0 fully saturated rings. The van der Waals surface area contributed by atoms with Crippen LogP contribution in [0.15, 0.2) is 16.9 Å². The first kappa shape index (κ1) is 10.6. The third-order valence-electron chi connectivity index (χ3n) is 3.76. The largest absolute Gasteiger partial charge is 0.344 e. The predicted octanol–water partition coefficient (Wildman–Crippen LogP) is 0.897. The van der Waals surface area contributed by atoms with Gasteiger partial charge in [-0.25, -0.2) is 0 Å². The van der Waals surface area contributed by atoms with Gasteiger partial charge in [0.2, 0.25) is 0 Å². The van der Waals surface area contributed by atoms with Crippen molar-refractivity contribution in [3.8, 4) is 0 Å². The Kier molecular flexibility index (Phi) is 2.33. The Labute approximate surface area is 99.9 Å². The number of aryl methyl sites for hydroxylation is 1. The summed E-state index contributed by atoms with van der Waals surface area (Å²) in [6.45, 7) is 2.16. The smallest absolute Gasteiger partial charge is 0.251 e. The minimum atomic E-state index is 0.0472. The molecular formula is C13H17N3O. The molecule has 2 aromatic heterocycles. The number of H-pyrrole nitrogens is 1. The quantitative estimate of drug-likeness (QED) is 0.732. The van der Waals surface area contributed by atoms with Crippen LogP contribution in [0.4, 0.5) is 0 Å². The summed E-state index contributed by atoms with van der Waals surface area (Å²) in [5.74, 6) is 0. The molecule has 2 aromatic rings. The van der Waals surface area contributed by atoms with E-state index in [-0.39, 0.29) is 5.56 Å². The van der Waals surface area contributed by atoms with E-state index in [1.807, 2.05) is 13.1 Å². The van der Waals surface area contributed by atoms with Gasteiger partial charge in [0.25, 0.3) is 5.56 Å². The highest BCUT2D eigenvalue weighted by Crippen LogP contribution is 2.24. The molecule has 0 saturated heterocycles. The molecule has 3 heterocycles. The normalized spacial score (nSPS) is 17.1. The highest BCUT2D eigenvalue weighted by molar-refractivity contribution is 5.81. The molecule has 1 N–H and O–H groups in total. The summed E-state index contributed by atoms with van der Waals surface area (Å²) in [5, 5.41) is 1.21. The number of nitrogens with zero attached hydrogens (tertiary/aromatic N) is 2. The molecule has 0 amide bonds. The second-order valence-electron chi connectivity index (χ2n) is 4.88. The predicted molar refractivity (Wildman–Crippen MR) is 68.4 cm³/mol. The summed E-state index contributed by atoms with van der Waals surface area (Å²) < 4.78 is 1.70. The Hall–Kier alpha value is -1.55. The van der Waals surface area contributed by atoms with Crippen LogP contribution in [-0.2, 0) is 19.9 Å². The summed E-state index contributed by atoms with van der Waals surface area (Å²) in [6, 6.07) is 3.61. The molecule has 0 radical (unpaired) electrons. The van der Waals surface area contributed by atoms with E-state index in [4.69, 9.17) is 0 Å². The fourth-order valence-electron chi connectivity index (χ4n) is 2.63. The number of likely N-dealkylation sites (N-methyl/N-ethyl adjacent to an activating group) is 1. The molecule has 0 unspecified atom stereocenters. The molecule has 0 aliphatic carbocycles. The van der Waals surface area contributed by atoms with E-state index in [1.54, 1.807) is 10.6 Å². The van der Waals surface area contributed by atoms with Crippen LogP contribution >= 0.6 is 0 Å². The van der Waals surface area contributed by atoms with Crippen molar-refractivity contribution < 1.29 is 0 Å². The summed E-state index contributed by atoms with van der Waals surface area (Å²) in [5.41, 5.74) is 3.70. The maximum atomic E-state index is 11.6. The van der Waals surface area contributed by atoms with Gasteiger partial charge in [0, 0.05) is 43.7 Å². The number of hydrogen-bond donors (Lipinski definition) is 1. The lowest BCUT2D eigenvalue weighted by Crippen LogP contribution is -2.21. The molecule has 4 nitrogen and oxygen atoms in total. The number of aromatic nitrogens is 2. The maximum absolute atomic E-state index is 11.6. The first-order valence-corrected chi connectivity index (χ1v) is 6.05. The van der Waals surface area contributed by atoms with Crippen molar-refractivity contribution in [3.63, 3.8) is 0 Å². The number of aromatic amines is 1. The van der Waals surface area contributed by atoms with E-state index >= 15 is 0 Å². The highest BCUT2D eigenvalue weighted by Gasteiger charge is 2.17. The van der Waals surface area contributed by atoms with E-state index in [2.05, 4.69) is 16.9 Å². The number of rotatable bonds is 0. The fraction of sp³-hybridized carbons (Fsp3) is 0.462. The van der Waals surface area contributed by atoms with E-state index in [1.165, 1.54) is 16.6 Å². The molecule has 90 valence electrons. The lowest BCUT2D eigenvalue weighted by atomic mass is 10.1. The van der Waals surface area contributed by atoms with Crippen LogP contribution < -0.4 is 5.56 Å². The van der Waals surface area contributed by atoms with E-state index in [0.717, 1.165) is 31.6 Å². The first-order valence-electron chi connectivity index (χ1n) is 6.05. The Bertz CT molecular complexity index is 623. The summed E-state index contributed by atoms with van der Waals surface area (Å²) >= 11 is 0. The zero-order chi connectivity index (χ0) is 12.0. The average Bonchev–Trinajstić information content (AvgIpc) is 2.57. The van der Waals surface area contributed by atoms with Gasteiger partial charge in [-0.3, -0.25) is 9.36 Å². The molecule has 1 aliphatic rings.